The van der Waals surface area contributed by atoms with Gasteiger partial charge in [-0.3, -0.25) is 4.90 Å². The number of nitrogens with zero attached hydrogens (tertiary/aromatic N) is 1. The van der Waals surface area contributed by atoms with E-state index < -0.39 is 6.10 Å². The number of aryl methyl sites for hydroxylation is 1. The molecule has 0 radical (unpaired) electrons. The maximum Gasteiger partial charge on any atom is 0.129 e. The zero-order valence-corrected chi connectivity index (χ0v) is 13.6. The van der Waals surface area contributed by atoms with Gasteiger partial charge in [-0.25, -0.2) is 0 Å². The molecule has 0 saturated heterocycles. The standard InChI is InChI=1S/C19H25NO3/c1-15-4-2-5-16(10-15)11-20(17-7-8-17)12-18(21)13-22-14-19-6-3-9-23-19/h2-6,9-10,17-18,21H,7-8,11-14H2,1H3. The molecule has 4 nitrogen and oxygen atoms in total. The summed E-state index contributed by atoms with van der Waals surface area (Å²) in [4.78, 5) is 2.37. The van der Waals surface area contributed by atoms with Crippen molar-refractivity contribution in [3.05, 3.63) is 59.5 Å². The molecule has 0 spiro atoms. The minimum Gasteiger partial charge on any atom is -0.467 e. The summed E-state index contributed by atoms with van der Waals surface area (Å²) in [5.41, 5.74) is 2.58. The molecule has 0 amide bonds. The van der Waals surface area contributed by atoms with E-state index in [4.69, 9.17) is 9.15 Å². The Labute approximate surface area is 137 Å². The van der Waals surface area contributed by atoms with E-state index in [1.54, 1.807) is 6.26 Å². The Bertz CT molecular complexity index is 592. The second-order valence-electron chi connectivity index (χ2n) is 6.40. The lowest BCUT2D eigenvalue weighted by atomic mass is 10.1. The van der Waals surface area contributed by atoms with Gasteiger partial charge in [0.05, 0.1) is 19.0 Å². The molecular formula is C19H25NO3. The summed E-state index contributed by atoms with van der Waals surface area (Å²) in [7, 11) is 0. The Morgan fingerprint density at radius 3 is 2.87 bits per heavy atom. The highest BCUT2D eigenvalue weighted by atomic mass is 16.5. The molecule has 1 heterocycles. The monoisotopic (exact) mass is 315 g/mol. The number of aliphatic hydroxyl groups excluding tert-OH is 1. The normalized spacial score (nSPS) is 16.0. The van der Waals surface area contributed by atoms with Crippen molar-refractivity contribution in [2.75, 3.05) is 13.2 Å². The zero-order chi connectivity index (χ0) is 16.1. The molecule has 1 aliphatic rings. The quantitative estimate of drug-likeness (QED) is 0.772. The van der Waals surface area contributed by atoms with E-state index in [0.29, 0.717) is 25.8 Å². The second-order valence-corrected chi connectivity index (χ2v) is 6.40. The van der Waals surface area contributed by atoms with Gasteiger partial charge in [0.25, 0.3) is 0 Å². The molecule has 3 rings (SSSR count). The third kappa shape index (κ3) is 5.20. The van der Waals surface area contributed by atoms with E-state index in [2.05, 4.69) is 36.1 Å². The molecule has 1 saturated carbocycles. The SMILES string of the molecule is Cc1cccc(CN(CC(O)COCc2ccco2)C2CC2)c1. The summed E-state index contributed by atoms with van der Waals surface area (Å²) >= 11 is 0. The summed E-state index contributed by atoms with van der Waals surface area (Å²) in [6.45, 7) is 4.39. The molecule has 1 atom stereocenters. The highest BCUT2D eigenvalue weighted by Crippen LogP contribution is 2.28. The fourth-order valence-corrected chi connectivity index (χ4v) is 2.84. The topological polar surface area (TPSA) is 45.8 Å². The molecule has 1 aliphatic carbocycles. The van der Waals surface area contributed by atoms with E-state index in [9.17, 15) is 5.11 Å². The Morgan fingerprint density at radius 2 is 2.17 bits per heavy atom. The fourth-order valence-electron chi connectivity index (χ4n) is 2.84. The van der Waals surface area contributed by atoms with Crippen LogP contribution in [0.5, 0.6) is 0 Å². The Hall–Kier alpha value is -1.62. The van der Waals surface area contributed by atoms with Crippen LogP contribution in [0, 0.1) is 6.92 Å². The summed E-state index contributed by atoms with van der Waals surface area (Å²) in [5, 5.41) is 10.3. The summed E-state index contributed by atoms with van der Waals surface area (Å²) < 4.78 is 10.8. The number of hydrogen-bond acceptors (Lipinski definition) is 4. The van der Waals surface area contributed by atoms with Crippen LogP contribution in [0.4, 0.5) is 0 Å². The highest BCUT2D eigenvalue weighted by molar-refractivity contribution is 5.22. The van der Waals surface area contributed by atoms with Crippen molar-refractivity contribution in [1.82, 2.24) is 4.90 Å². The van der Waals surface area contributed by atoms with Crippen LogP contribution in [-0.2, 0) is 17.9 Å². The number of furan rings is 1. The molecule has 2 aromatic rings. The van der Waals surface area contributed by atoms with Gasteiger partial charge in [-0.05, 0) is 37.5 Å². The van der Waals surface area contributed by atoms with E-state index in [1.807, 2.05) is 12.1 Å². The molecule has 124 valence electrons. The van der Waals surface area contributed by atoms with Gasteiger partial charge in [-0.1, -0.05) is 29.8 Å². The van der Waals surface area contributed by atoms with E-state index >= 15 is 0 Å². The van der Waals surface area contributed by atoms with Crippen LogP contribution in [-0.4, -0.2) is 35.3 Å². The third-order valence-corrected chi connectivity index (χ3v) is 4.11. The van der Waals surface area contributed by atoms with Gasteiger partial charge in [0.1, 0.15) is 12.4 Å². The third-order valence-electron chi connectivity index (χ3n) is 4.11. The van der Waals surface area contributed by atoms with Crippen LogP contribution < -0.4 is 0 Å². The van der Waals surface area contributed by atoms with Gasteiger partial charge in [-0.15, -0.1) is 0 Å². The summed E-state index contributed by atoms with van der Waals surface area (Å²) in [6.07, 6.45) is 3.61. The fraction of sp³-hybridized carbons (Fsp3) is 0.474. The predicted octanol–water partition coefficient (Wildman–Crippen LogP) is 3.13. The predicted molar refractivity (Wildman–Crippen MR) is 89.0 cm³/mol. The van der Waals surface area contributed by atoms with Gasteiger partial charge < -0.3 is 14.3 Å². The molecular weight excluding hydrogens is 290 g/mol. The second kappa shape index (κ2) is 7.77. The Balaban J connectivity index is 1.46. The van der Waals surface area contributed by atoms with Gasteiger partial charge in [0.2, 0.25) is 0 Å². The average Bonchev–Trinajstić information content (AvgIpc) is 3.24. The first-order chi connectivity index (χ1) is 11.2. The van der Waals surface area contributed by atoms with Crippen LogP contribution in [0.25, 0.3) is 0 Å². The Kier molecular flexibility index (Phi) is 5.49. The number of ether oxygens (including phenoxy) is 1. The first-order valence-electron chi connectivity index (χ1n) is 8.28. The lowest BCUT2D eigenvalue weighted by molar-refractivity contribution is 0.00246. The molecule has 1 fully saturated rings. The molecule has 4 heteroatoms. The van der Waals surface area contributed by atoms with Crippen LogP contribution in [0.15, 0.2) is 47.1 Å². The van der Waals surface area contributed by atoms with E-state index in [-0.39, 0.29) is 0 Å². The smallest absolute Gasteiger partial charge is 0.129 e. The largest absolute Gasteiger partial charge is 0.467 e. The maximum atomic E-state index is 10.3. The number of rotatable bonds is 9. The van der Waals surface area contributed by atoms with Crippen molar-refractivity contribution in [1.29, 1.82) is 0 Å². The van der Waals surface area contributed by atoms with Gasteiger partial charge in [0.15, 0.2) is 0 Å². The number of aliphatic hydroxyl groups is 1. The van der Waals surface area contributed by atoms with Gasteiger partial charge in [-0.2, -0.15) is 0 Å². The molecule has 0 aliphatic heterocycles. The minimum absolute atomic E-state index is 0.331. The lowest BCUT2D eigenvalue weighted by Crippen LogP contribution is -2.36. The van der Waals surface area contributed by atoms with Gasteiger partial charge in [0, 0.05) is 19.1 Å². The molecule has 23 heavy (non-hydrogen) atoms. The summed E-state index contributed by atoms with van der Waals surface area (Å²) in [5.74, 6) is 0.788. The average molecular weight is 315 g/mol. The molecule has 1 N–H and O–H groups in total. The maximum absolute atomic E-state index is 10.3. The highest BCUT2D eigenvalue weighted by Gasteiger charge is 2.30. The van der Waals surface area contributed by atoms with Crippen LogP contribution in [0.3, 0.4) is 0 Å². The van der Waals surface area contributed by atoms with Crippen molar-refractivity contribution in [3.8, 4) is 0 Å². The van der Waals surface area contributed by atoms with Crippen LogP contribution >= 0.6 is 0 Å². The Morgan fingerprint density at radius 1 is 1.30 bits per heavy atom. The first-order valence-corrected chi connectivity index (χ1v) is 8.28. The summed E-state index contributed by atoms with van der Waals surface area (Å²) in [6, 6.07) is 12.9. The van der Waals surface area contributed by atoms with Gasteiger partial charge >= 0.3 is 0 Å². The van der Waals surface area contributed by atoms with Crippen molar-refractivity contribution in [2.24, 2.45) is 0 Å². The molecule has 1 aromatic heterocycles. The van der Waals surface area contributed by atoms with Crippen molar-refractivity contribution >= 4 is 0 Å². The van der Waals surface area contributed by atoms with E-state index in [0.717, 1.165) is 12.3 Å². The molecule has 0 bridgehead atoms. The van der Waals surface area contributed by atoms with Crippen molar-refractivity contribution < 1.29 is 14.3 Å². The molecule has 1 aromatic carbocycles. The lowest BCUT2D eigenvalue weighted by Gasteiger charge is -2.25. The minimum atomic E-state index is -0.477. The van der Waals surface area contributed by atoms with E-state index in [1.165, 1.54) is 24.0 Å². The first kappa shape index (κ1) is 16.2. The van der Waals surface area contributed by atoms with Crippen LogP contribution in [0.1, 0.15) is 29.7 Å². The van der Waals surface area contributed by atoms with Crippen LogP contribution in [0.2, 0.25) is 0 Å². The number of benzene rings is 1. The molecule has 1 unspecified atom stereocenters. The van der Waals surface area contributed by atoms with Crippen molar-refractivity contribution in [3.63, 3.8) is 0 Å². The van der Waals surface area contributed by atoms with Crippen molar-refractivity contribution in [2.45, 2.75) is 45.1 Å². The number of hydrogen-bond donors (Lipinski definition) is 1. The zero-order valence-electron chi connectivity index (χ0n) is 13.6.